The Balaban J connectivity index is 1.42. The first-order valence-electron chi connectivity index (χ1n) is 15.1. The minimum Gasteiger partial charge on any atom is -0.497 e. The van der Waals surface area contributed by atoms with E-state index in [1.165, 1.54) is 19.1 Å². The number of nitrogens with one attached hydrogen (secondary N) is 1. The molecule has 4 aromatic rings. The number of alkyl halides is 3. The molecule has 3 aromatic carbocycles. The maximum atomic E-state index is 14.4. The van der Waals surface area contributed by atoms with Crippen LogP contribution in [0.25, 0.3) is 0 Å². The average molecular weight is 649 g/mol. The van der Waals surface area contributed by atoms with Crippen LogP contribution in [0, 0.1) is 13.8 Å². The molecule has 6 rings (SSSR count). The fourth-order valence-electron chi connectivity index (χ4n) is 5.97. The Morgan fingerprint density at radius 3 is 2.40 bits per heavy atom. The molecule has 13 heteroatoms. The van der Waals surface area contributed by atoms with Crippen molar-refractivity contribution in [3.63, 3.8) is 0 Å². The molecule has 2 amide bonds. The lowest BCUT2D eigenvalue weighted by Gasteiger charge is -2.37. The topological polar surface area (TPSA) is 92.3 Å². The third-order valence-electron chi connectivity index (χ3n) is 8.23. The summed E-state index contributed by atoms with van der Waals surface area (Å²) in [6.07, 6.45) is -2.97. The van der Waals surface area contributed by atoms with Gasteiger partial charge in [0.15, 0.2) is 5.82 Å². The Morgan fingerprint density at radius 1 is 0.979 bits per heavy atom. The lowest BCUT2D eigenvalue weighted by Crippen LogP contribution is -2.46. The minimum atomic E-state index is -4.56. The Morgan fingerprint density at radius 2 is 1.72 bits per heavy atom. The number of carbonyl (C=O) groups is 1. The van der Waals surface area contributed by atoms with Gasteiger partial charge in [-0.3, -0.25) is 9.80 Å². The normalized spacial score (nSPS) is 15.4. The maximum absolute atomic E-state index is 14.4. The van der Waals surface area contributed by atoms with Gasteiger partial charge < -0.3 is 19.5 Å². The Bertz CT molecular complexity index is 1770. The van der Waals surface area contributed by atoms with Gasteiger partial charge in [-0.05, 0) is 60.9 Å². The summed E-state index contributed by atoms with van der Waals surface area (Å²) in [6.45, 7) is 6.72. The number of para-hydroxylation sites is 1. The molecule has 10 nitrogen and oxygen atoms in total. The zero-order valence-electron chi connectivity index (χ0n) is 26.5. The highest BCUT2D eigenvalue weighted by Crippen LogP contribution is 2.43. The van der Waals surface area contributed by atoms with Gasteiger partial charge in [-0.1, -0.05) is 18.2 Å². The van der Waals surface area contributed by atoms with Crippen molar-refractivity contribution < 1.29 is 32.2 Å². The predicted molar refractivity (Wildman–Crippen MR) is 172 cm³/mol. The molecule has 2 aliphatic heterocycles. The number of carbonyl (C=O) groups excluding carboxylic acids is 1. The van der Waals surface area contributed by atoms with Crippen molar-refractivity contribution in [2.24, 2.45) is 0 Å². The van der Waals surface area contributed by atoms with Crippen LogP contribution in [-0.2, 0) is 24.0 Å². The van der Waals surface area contributed by atoms with E-state index in [1.54, 1.807) is 35.4 Å². The van der Waals surface area contributed by atoms with Crippen LogP contribution in [0.15, 0.2) is 60.8 Å². The number of halogens is 3. The second kappa shape index (κ2) is 13.1. The number of morpholine rings is 1. The Labute approximate surface area is 270 Å². The first kappa shape index (κ1) is 32.1. The fourth-order valence-corrected chi connectivity index (χ4v) is 5.97. The van der Waals surface area contributed by atoms with Crippen LogP contribution >= 0.6 is 0 Å². The standard InChI is InChI=1S/C34H35F3N6O4/c1-21-6-5-7-22(2)30(21)42-20-24-18-38-32(40-31(24)43(33(42)44)28-9-8-27(45-3)17-29(28)46-4)39-26-15-23(14-25(16-26)34(35,36)37)19-41-10-12-47-13-11-41/h5-9,14-18H,10-13,19-20H2,1-4H3,(H,38,39,40). The van der Waals surface area contributed by atoms with E-state index in [9.17, 15) is 18.0 Å². The highest BCUT2D eigenvalue weighted by molar-refractivity contribution is 6.11. The summed E-state index contributed by atoms with van der Waals surface area (Å²) < 4.78 is 58.3. The summed E-state index contributed by atoms with van der Waals surface area (Å²) in [5.74, 6) is 1.21. The van der Waals surface area contributed by atoms with Gasteiger partial charge >= 0.3 is 12.2 Å². The monoisotopic (exact) mass is 648 g/mol. The van der Waals surface area contributed by atoms with E-state index < -0.39 is 11.7 Å². The van der Waals surface area contributed by atoms with Gasteiger partial charge in [-0.25, -0.2) is 14.7 Å². The molecule has 0 saturated carbocycles. The van der Waals surface area contributed by atoms with Gasteiger partial charge in [0.2, 0.25) is 5.95 Å². The van der Waals surface area contributed by atoms with Gasteiger partial charge in [0.25, 0.3) is 0 Å². The third kappa shape index (κ3) is 6.67. The summed E-state index contributed by atoms with van der Waals surface area (Å²) in [7, 11) is 3.02. The van der Waals surface area contributed by atoms with Gasteiger partial charge in [0.05, 0.1) is 50.9 Å². The van der Waals surface area contributed by atoms with E-state index >= 15 is 0 Å². The van der Waals surface area contributed by atoms with E-state index in [0.717, 1.165) is 28.9 Å². The van der Waals surface area contributed by atoms with Crippen molar-refractivity contribution in [3.05, 3.63) is 88.6 Å². The summed E-state index contributed by atoms with van der Waals surface area (Å²) in [5, 5.41) is 2.97. The number of hydrogen-bond donors (Lipinski definition) is 1. The van der Waals surface area contributed by atoms with Crippen LogP contribution in [0.3, 0.4) is 0 Å². The number of amides is 2. The lowest BCUT2D eigenvalue weighted by molar-refractivity contribution is -0.137. The number of fused-ring (bicyclic) bond motifs is 1. The zero-order chi connectivity index (χ0) is 33.3. The molecule has 2 aliphatic rings. The number of ether oxygens (including phenoxy) is 3. The second-order valence-corrected chi connectivity index (χ2v) is 11.5. The van der Waals surface area contributed by atoms with Gasteiger partial charge in [0.1, 0.15) is 11.5 Å². The Kier molecular flexibility index (Phi) is 8.93. The highest BCUT2D eigenvalue weighted by Gasteiger charge is 2.37. The van der Waals surface area contributed by atoms with Crippen molar-refractivity contribution in [1.29, 1.82) is 0 Å². The number of nitrogens with zero attached hydrogens (tertiary/aromatic N) is 5. The zero-order valence-corrected chi connectivity index (χ0v) is 26.5. The van der Waals surface area contributed by atoms with Crippen molar-refractivity contribution >= 4 is 34.9 Å². The molecule has 0 spiro atoms. The molecular weight excluding hydrogens is 613 g/mol. The molecule has 246 valence electrons. The van der Waals surface area contributed by atoms with E-state index in [-0.39, 0.29) is 30.0 Å². The van der Waals surface area contributed by atoms with E-state index in [4.69, 9.17) is 19.2 Å². The van der Waals surface area contributed by atoms with Gasteiger partial charge in [0, 0.05) is 43.1 Å². The summed E-state index contributed by atoms with van der Waals surface area (Å²) in [5.41, 5.74) is 3.52. The number of hydrogen-bond acceptors (Lipinski definition) is 8. The summed E-state index contributed by atoms with van der Waals surface area (Å²) in [6, 6.07) is 14.4. The van der Waals surface area contributed by atoms with Crippen molar-refractivity contribution in [1.82, 2.24) is 14.9 Å². The molecule has 0 radical (unpaired) electrons. The Hall–Kier alpha value is -4.88. The maximum Gasteiger partial charge on any atom is 0.416 e. The summed E-state index contributed by atoms with van der Waals surface area (Å²) >= 11 is 0. The molecule has 0 atom stereocenters. The van der Waals surface area contributed by atoms with Crippen LogP contribution in [0.2, 0.25) is 0 Å². The first-order chi connectivity index (χ1) is 22.5. The smallest absolute Gasteiger partial charge is 0.416 e. The molecule has 1 saturated heterocycles. The van der Waals surface area contributed by atoms with Crippen LogP contribution in [-0.4, -0.2) is 61.4 Å². The molecule has 3 heterocycles. The molecule has 1 aromatic heterocycles. The number of urea groups is 1. The molecular formula is C34H35F3N6O4. The van der Waals surface area contributed by atoms with Crippen molar-refractivity contribution in [2.75, 3.05) is 55.6 Å². The third-order valence-corrected chi connectivity index (χ3v) is 8.23. The largest absolute Gasteiger partial charge is 0.497 e. The van der Waals surface area contributed by atoms with Crippen molar-refractivity contribution in [3.8, 4) is 11.5 Å². The minimum absolute atomic E-state index is 0.0335. The quantitative estimate of drug-likeness (QED) is 0.219. The fraction of sp³-hybridized carbons (Fsp3) is 0.324. The molecule has 0 unspecified atom stereocenters. The lowest BCUT2D eigenvalue weighted by atomic mass is 10.1. The van der Waals surface area contributed by atoms with E-state index in [2.05, 4.69) is 10.3 Å². The summed E-state index contributed by atoms with van der Waals surface area (Å²) in [4.78, 5) is 28.7. The molecule has 0 aliphatic carbocycles. The van der Waals surface area contributed by atoms with E-state index in [0.29, 0.717) is 61.2 Å². The number of aryl methyl sites for hydroxylation is 2. The SMILES string of the molecule is COc1ccc(N2C(=O)N(c3c(C)cccc3C)Cc3cnc(Nc4cc(CN5CCOCC5)cc(C(F)(F)F)c4)nc32)c(OC)c1. The van der Waals surface area contributed by atoms with Crippen LogP contribution in [0.4, 0.5) is 46.8 Å². The van der Waals surface area contributed by atoms with Crippen LogP contribution in [0.5, 0.6) is 11.5 Å². The number of benzene rings is 3. The highest BCUT2D eigenvalue weighted by atomic mass is 19.4. The van der Waals surface area contributed by atoms with Crippen LogP contribution in [0.1, 0.15) is 27.8 Å². The molecule has 0 bridgehead atoms. The van der Waals surface area contributed by atoms with Gasteiger partial charge in [-0.2, -0.15) is 18.2 Å². The van der Waals surface area contributed by atoms with Crippen LogP contribution < -0.4 is 24.6 Å². The predicted octanol–water partition coefficient (Wildman–Crippen LogP) is 6.98. The average Bonchev–Trinajstić information content (AvgIpc) is 3.05. The van der Waals surface area contributed by atoms with Crippen molar-refractivity contribution in [2.45, 2.75) is 33.1 Å². The van der Waals surface area contributed by atoms with Gasteiger partial charge in [-0.15, -0.1) is 0 Å². The number of rotatable bonds is 8. The molecule has 1 N–H and O–H groups in total. The number of anilines is 5. The second-order valence-electron chi connectivity index (χ2n) is 11.5. The molecule has 47 heavy (non-hydrogen) atoms. The molecule has 1 fully saturated rings. The van der Waals surface area contributed by atoms with E-state index in [1.807, 2.05) is 36.9 Å². The first-order valence-corrected chi connectivity index (χ1v) is 15.1. The number of aromatic nitrogens is 2. The number of methoxy groups -OCH3 is 2.